The molecule has 20 heavy (non-hydrogen) atoms. The van der Waals surface area contributed by atoms with E-state index in [0.717, 1.165) is 45.7 Å². The van der Waals surface area contributed by atoms with Gasteiger partial charge in [-0.2, -0.15) is 0 Å². The molecule has 1 N–H and O–H groups in total. The second-order valence-electron chi connectivity index (χ2n) is 5.79. The molecule has 0 saturated carbocycles. The zero-order valence-electron chi connectivity index (χ0n) is 12.8. The first-order valence-electron chi connectivity index (χ1n) is 7.83. The third-order valence-electron chi connectivity index (χ3n) is 4.11. The summed E-state index contributed by atoms with van der Waals surface area (Å²) in [5.74, 6) is 0.615. The van der Waals surface area contributed by atoms with Crippen molar-refractivity contribution in [1.82, 2.24) is 10.2 Å². The van der Waals surface area contributed by atoms with Crippen LogP contribution in [0.1, 0.15) is 18.9 Å². The molecule has 1 aliphatic heterocycles. The molecule has 0 bridgehead atoms. The Morgan fingerprint density at radius 1 is 1.30 bits per heavy atom. The summed E-state index contributed by atoms with van der Waals surface area (Å²) in [6.45, 7) is 7.26. The minimum atomic E-state index is 0.615. The number of likely N-dealkylation sites (N-methyl/N-ethyl adjacent to an activating group) is 1. The van der Waals surface area contributed by atoms with Gasteiger partial charge in [0.15, 0.2) is 0 Å². The molecule has 1 fully saturated rings. The van der Waals surface area contributed by atoms with Gasteiger partial charge in [0.1, 0.15) is 0 Å². The molecular weight excluding hydrogens is 248 g/mol. The van der Waals surface area contributed by atoms with Gasteiger partial charge in [-0.05, 0) is 32.0 Å². The summed E-state index contributed by atoms with van der Waals surface area (Å²) in [4.78, 5) is 2.44. The van der Waals surface area contributed by atoms with E-state index in [9.17, 15) is 0 Å². The van der Waals surface area contributed by atoms with Crippen molar-refractivity contribution < 1.29 is 4.74 Å². The number of nitrogens with zero attached hydrogens (tertiary/aromatic N) is 1. The second kappa shape index (κ2) is 8.40. The average Bonchev–Trinajstić information content (AvgIpc) is 2.49. The SMILES string of the molecule is CCNC1CCOCC1CN(C)CCc1ccccc1. The van der Waals surface area contributed by atoms with Gasteiger partial charge < -0.3 is 15.0 Å². The highest BCUT2D eigenvalue weighted by Gasteiger charge is 2.25. The van der Waals surface area contributed by atoms with Gasteiger partial charge in [0.2, 0.25) is 0 Å². The van der Waals surface area contributed by atoms with Gasteiger partial charge in [-0.15, -0.1) is 0 Å². The Balaban J connectivity index is 1.76. The van der Waals surface area contributed by atoms with Gasteiger partial charge in [0.25, 0.3) is 0 Å². The van der Waals surface area contributed by atoms with Crippen LogP contribution in [-0.2, 0) is 11.2 Å². The van der Waals surface area contributed by atoms with Crippen molar-refractivity contribution in [2.45, 2.75) is 25.8 Å². The molecule has 2 atom stereocenters. The lowest BCUT2D eigenvalue weighted by Gasteiger charge is -2.34. The molecule has 0 amide bonds. The summed E-state index contributed by atoms with van der Waals surface area (Å²) >= 11 is 0. The Bertz CT molecular complexity index is 367. The summed E-state index contributed by atoms with van der Waals surface area (Å²) < 4.78 is 5.66. The van der Waals surface area contributed by atoms with E-state index in [1.54, 1.807) is 0 Å². The first kappa shape index (κ1) is 15.5. The third kappa shape index (κ3) is 4.89. The fourth-order valence-corrected chi connectivity index (χ4v) is 2.96. The molecule has 1 saturated heterocycles. The number of nitrogens with one attached hydrogen (secondary N) is 1. The smallest absolute Gasteiger partial charge is 0.0521 e. The number of hydrogen-bond acceptors (Lipinski definition) is 3. The van der Waals surface area contributed by atoms with Crippen molar-refractivity contribution >= 4 is 0 Å². The lowest BCUT2D eigenvalue weighted by atomic mass is 9.95. The maximum Gasteiger partial charge on any atom is 0.0521 e. The van der Waals surface area contributed by atoms with Crippen LogP contribution in [0.4, 0.5) is 0 Å². The maximum atomic E-state index is 5.66. The summed E-state index contributed by atoms with van der Waals surface area (Å²) in [5.41, 5.74) is 1.42. The van der Waals surface area contributed by atoms with E-state index in [1.165, 1.54) is 5.56 Å². The Morgan fingerprint density at radius 2 is 2.10 bits per heavy atom. The molecule has 1 aromatic rings. The maximum absolute atomic E-state index is 5.66. The van der Waals surface area contributed by atoms with Crippen molar-refractivity contribution in [3.63, 3.8) is 0 Å². The van der Waals surface area contributed by atoms with Crippen molar-refractivity contribution in [3.05, 3.63) is 35.9 Å². The van der Waals surface area contributed by atoms with Crippen LogP contribution in [0.25, 0.3) is 0 Å². The van der Waals surface area contributed by atoms with E-state index < -0.39 is 0 Å². The van der Waals surface area contributed by atoms with E-state index in [4.69, 9.17) is 4.74 Å². The summed E-state index contributed by atoms with van der Waals surface area (Å²) in [7, 11) is 2.22. The Hall–Kier alpha value is -0.900. The molecule has 0 aliphatic carbocycles. The molecule has 3 nitrogen and oxygen atoms in total. The van der Waals surface area contributed by atoms with Gasteiger partial charge in [-0.3, -0.25) is 0 Å². The van der Waals surface area contributed by atoms with Gasteiger partial charge in [0.05, 0.1) is 6.61 Å². The normalized spacial score (nSPS) is 23.1. The molecule has 3 heteroatoms. The first-order valence-corrected chi connectivity index (χ1v) is 7.83. The fraction of sp³-hybridized carbons (Fsp3) is 0.647. The predicted octanol–water partition coefficient (Wildman–Crippen LogP) is 2.18. The summed E-state index contributed by atoms with van der Waals surface area (Å²) in [5, 5.41) is 3.61. The predicted molar refractivity (Wildman–Crippen MR) is 84.0 cm³/mol. The number of hydrogen-bond donors (Lipinski definition) is 1. The monoisotopic (exact) mass is 276 g/mol. The second-order valence-corrected chi connectivity index (χ2v) is 5.79. The number of ether oxygens (including phenoxy) is 1. The van der Waals surface area contributed by atoms with Crippen LogP contribution in [0.2, 0.25) is 0 Å². The van der Waals surface area contributed by atoms with Crippen LogP contribution in [0.15, 0.2) is 30.3 Å². The van der Waals surface area contributed by atoms with Crippen molar-refractivity contribution in [3.8, 4) is 0 Å². The highest BCUT2D eigenvalue weighted by molar-refractivity contribution is 5.14. The molecule has 0 spiro atoms. The Kier molecular flexibility index (Phi) is 6.51. The average molecular weight is 276 g/mol. The van der Waals surface area contributed by atoms with Crippen LogP contribution in [0.5, 0.6) is 0 Å². The van der Waals surface area contributed by atoms with Crippen molar-refractivity contribution in [1.29, 1.82) is 0 Å². The van der Waals surface area contributed by atoms with Crippen LogP contribution in [0.3, 0.4) is 0 Å². The largest absolute Gasteiger partial charge is 0.381 e. The third-order valence-corrected chi connectivity index (χ3v) is 4.11. The highest BCUT2D eigenvalue weighted by atomic mass is 16.5. The van der Waals surface area contributed by atoms with E-state index >= 15 is 0 Å². The van der Waals surface area contributed by atoms with Gasteiger partial charge in [-0.25, -0.2) is 0 Å². The van der Waals surface area contributed by atoms with Crippen LogP contribution in [0, 0.1) is 5.92 Å². The standard InChI is InChI=1S/C17H28N2O/c1-3-18-17-10-12-20-14-16(17)13-19(2)11-9-15-7-5-4-6-8-15/h4-8,16-18H,3,9-14H2,1-2H3. The van der Waals surface area contributed by atoms with Gasteiger partial charge in [0, 0.05) is 31.7 Å². The van der Waals surface area contributed by atoms with Crippen LogP contribution in [-0.4, -0.2) is 50.8 Å². The van der Waals surface area contributed by atoms with E-state index in [1.807, 2.05) is 0 Å². The zero-order valence-corrected chi connectivity index (χ0v) is 12.8. The minimum Gasteiger partial charge on any atom is -0.381 e. The molecule has 1 aromatic carbocycles. The molecule has 2 rings (SSSR count). The summed E-state index contributed by atoms with van der Waals surface area (Å²) in [6.07, 6.45) is 2.27. The van der Waals surface area contributed by atoms with Crippen molar-refractivity contribution in [2.24, 2.45) is 5.92 Å². The molecular formula is C17H28N2O. The van der Waals surface area contributed by atoms with Crippen molar-refractivity contribution in [2.75, 3.05) is 39.9 Å². The number of benzene rings is 1. The lowest BCUT2D eigenvalue weighted by Crippen LogP contribution is -2.47. The zero-order chi connectivity index (χ0) is 14.2. The minimum absolute atomic E-state index is 0.615. The quantitative estimate of drug-likeness (QED) is 0.826. The molecule has 0 radical (unpaired) electrons. The van der Waals surface area contributed by atoms with E-state index in [0.29, 0.717) is 12.0 Å². The summed E-state index contributed by atoms with van der Waals surface area (Å²) in [6, 6.07) is 11.3. The van der Waals surface area contributed by atoms with E-state index in [-0.39, 0.29) is 0 Å². The lowest BCUT2D eigenvalue weighted by molar-refractivity contribution is 0.0203. The van der Waals surface area contributed by atoms with Crippen LogP contribution >= 0.6 is 0 Å². The van der Waals surface area contributed by atoms with Crippen LogP contribution < -0.4 is 5.32 Å². The molecule has 112 valence electrons. The molecule has 2 unspecified atom stereocenters. The van der Waals surface area contributed by atoms with E-state index in [2.05, 4.69) is 54.5 Å². The topological polar surface area (TPSA) is 24.5 Å². The number of rotatable bonds is 7. The first-order chi connectivity index (χ1) is 9.79. The molecule has 0 aromatic heterocycles. The molecule has 1 heterocycles. The highest BCUT2D eigenvalue weighted by Crippen LogP contribution is 2.16. The molecule has 1 aliphatic rings. The van der Waals surface area contributed by atoms with Gasteiger partial charge in [-0.1, -0.05) is 37.3 Å². The Labute approximate surface area is 123 Å². The Morgan fingerprint density at radius 3 is 2.85 bits per heavy atom. The van der Waals surface area contributed by atoms with Gasteiger partial charge >= 0.3 is 0 Å². The fourth-order valence-electron chi connectivity index (χ4n) is 2.96.